The van der Waals surface area contributed by atoms with Gasteiger partial charge in [0.25, 0.3) is 0 Å². The predicted molar refractivity (Wildman–Crippen MR) is 85.5 cm³/mol. The number of carboxylic acid groups (broad SMARTS) is 1. The van der Waals surface area contributed by atoms with Gasteiger partial charge in [0.1, 0.15) is 17.4 Å². The number of amides is 1. The van der Waals surface area contributed by atoms with Gasteiger partial charge in [0, 0.05) is 17.0 Å². The van der Waals surface area contributed by atoms with Crippen molar-refractivity contribution < 1.29 is 23.8 Å². The summed E-state index contributed by atoms with van der Waals surface area (Å²) in [7, 11) is 1.57. The van der Waals surface area contributed by atoms with Crippen LogP contribution in [0.1, 0.15) is 25.8 Å². The van der Waals surface area contributed by atoms with Crippen LogP contribution in [0.3, 0.4) is 0 Å². The van der Waals surface area contributed by atoms with Crippen LogP contribution in [0.2, 0.25) is 0 Å². The average molecular weight is 319 g/mol. The lowest BCUT2D eigenvalue weighted by molar-refractivity contribution is -0.142. The number of methoxy groups -OCH3 is 1. The van der Waals surface area contributed by atoms with Crippen molar-refractivity contribution in [2.45, 2.75) is 32.7 Å². The van der Waals surface area contributed by atoms with Crippen molar-refractivity contribution in [3.8, 4) is 5.75 Å². The van der Waals surface area contributed by atoms with E-state index in [-0.39, 0.29) is 18.2 Å². The number of hydrogen-bond donors (Lipinski definition) is 2. The summed E-state index contributed by atoms with van der Waals surface area (Å²) in [6.45, 7) is 3.83. The minimum absolute atomic E-state index is 0.0706. The fourth-order valence-electron chi connectivity index (χ4n) is 2.44. The third-order valence-corrected chi connectivity index (χ3v) is 3.55. The molecule has 0 radical (unpaired) electrons. The lowest BCUT2D eigenvalue weighted by Crippen LogP contribution is -2.42. The Morgan fingerprint density at radius 2 is 2.09 bits per heavy atom. The number of fused-ring (bicyclic) bond motifs is 1. The van der Waals surface area contributed by atoms with E-state index < -0.39 is 12.0 Å². The van der Waals surface area contributed by atoms with Gasteiger partial charge in [-0.25, -0.2) is 4.79 Å². The highest BCUT2D eigenvalue weighted by Gasteiger charge is 2.21. The van der Waals surface area contributed by atoms with E-state index in [1.54, 1.807) is 19.2 Å². The number of ether oxygens (including phenoxy) is 1. The molecule has 23 heavy (non-hydrogen) atoms. The van der Waals surface area contributed by atoms with Crippen molar-refractivity contribution in [3.05, 3.63) is 30.0 Å². The van der Waals surface area contributed by atoms with E-state index in [4.69, 9.17) is 9.15 Å². The Labute approximate surface area is 134 Å². The zero-order valence-corrected chi connectivity index (χ0v) is 13.5. The molecular weight excluding hydrogens is 298 g/mol. The molecule has 0 aliphatic rings. The van der Waals surface area contributed by atoms with Crippen molar-refractivity contribution in [2.24, 2.45) is 5.92 Å². The molecule has 124 valence electrons. The van der Waals surface area contributed by atoms with Crippen LogP contribution in [0.25, 0.3) is 11.0 Å². The molecule has 2 aromatic rings. The maximum absolute atomic E-state index is 12.1. The first-order chi connectivity index (χ1) is 10.9. The summed E-state index contributed by atoms with van der Waals surface area (Å²) in [5, 5.41) is 12.6. The smallest absolute Gasteiger partial charge is 0.326 e. The SMILES string of the molecule is COc1ccc2c(CC(=O)N[C@H](CC(C)C)C(=O)O)coc2c1. The van der Waals surface area contributed by atoms with Gasteiger partial charge in [-0.2, -0.15) is 0 Å². The number of carboxylic acids is 1. The second-order valence-electron chi connectivity index (χ2n) is 5.89. The number of aliphatic carboxylic acids is 1. The lowest BCUT2D eigenvalue weighted by atomic mass is 10.0. The topological polar surface area (TPSA) is 88.8 Å². The zero-order chi connectivity index (χ0) is 17.0. The van der Waals surface area contributed by atoms with E-state index >= 15 is 0 Å². The van der Waals surface area contributed by atoms with Crippen LogP contribution in [-0.2, 0) is 16.0 Å². The van der Waals surface area contributed by atoms with Gasteiger partial charge in [-0.15, -0.1) is 0 Å². The van der Waals surface area contributed by atoms with Crippen LogP contribution in [0.15, 0.2) is 28.9 Å². The Bertz CT molecular complexity index is 704. The van der Waals surface area contributed by atoms with Crippen molar-refractivity contribution in [3.63, 3.8) is 0 Å². The summed E-state index contributed by atoms with van der Waals surface area (Å²) in [5.74, 6) is -0.505. The normalized spacial score (nSPS) is 12.3. The minimum atomic E-state index is -1.02. The standard InChI is InChI=1S/C17H21NO5/c1-10(2)6-14(17(20)21)18-16(19)7-11-9-23-15-8-12(22-3)4-5-13(11)15/h4-5,8-10,14H,6-7H2,1-3H3,(H,18,19)(H,20,21)/t14-/m1/s1. The molecule has 0 saturated carbocycles. The van der Waals surface area contributed by atoms with Crippen LogP contribution in [0.4, 0.5) is 0 Å². The largest absolute Gasteiger partial charge is 0.497 e. The van der Waals surface area contributed by atoms with Gasteiger partial charge in [-0.1, -0.05) is 13.8 Å². The van der Waals surface area contributed by atoms with Crippen LogP contribution in [-0.4, -0.2) is 30.1 Å². The fourth-order valence-corrected chi connectivity index (χ4v) is 2.44. The van der Waals surface area contributed by atoms with Gasteiger partial charge in [0.2, 0.25) is 5.91 Å². The quantitative estimate of drug-likeness (QED) is 0.819. The summed E-state index contributed by atoms with van der Waals surface area (Å²) in [5.41, 5.74) is 1.35. The highest BCUT2D eigenvalue weighted by atomic mass is 16.5. The molecular formula is C17H21NO5. The molecule has 0 aliphatic heterocycles. The Kier molecular flexibility index (Phi) is 5.26. The molecule has 0 aliphatic carbocycles. The zero-order valence-electron chi connectivity index (χ0n) is 13.5. The molecule has 0 bridgehead atoms. The minimum Gasteiger partial charge on any atom is -0.497 e. The molecule has 1 heterocycles. The molecule has 6 nitrogen and oxygen atoms in total. The van der Waals surface area contributed by atoms with Crippen LogP contribution >= 0.6 is 0 Å². The van der Waals surface area contributed by atoms with Crippen LogP contribution in [0, 0.1) is 5.92 Å². The third kappa shape index (κ3) is 4.25. The molecule has 1 aromatic heterocycles. The van der Waals surface area contributed by atoms with Gasteiger partial charge < -0.3 is 19.6 Å². The molecule has 2 rings (SSSR count). The number of hydrogen-bond acceptors (Lipinski definition) is 4. The van der Waals surface area contributed by atoms with Gasteiger partial charge in [0.05, 0.1) is 19.8 Å². The number of furan rings is 1. The molecule has 6 heteroatoms. The van der Waals surface area contributed by atoms with Crippen LogP contribution < -0.4 is 10.1 Å². The Morgan fingerprint density at radius 3 is 2.70 bits per heavy atom. The predicted octanol–water partition coefficient (Wildman–Crippen LogP) is 2.60. The summed E-state index contributed by atoms with van der Waals surface area (Å²) in [4.78, 5) is 23.3. The van der Waals surface area contributed by atoms with Gasteiger partial charge in [0.15, 0.2) is 0 Å². The maximum atomic E-state index is 12.1. The first kappa shape index (κ1) is 16.9. The average Bonchev–Trinajstić information content (AvgIpc) is 2.88. The van der Waals surface area contributed by atoms with Crippen molar-refractivity contribution in [1.82, 2.24) is 5.32 Å². The Balaban J connectivity index is 2.09. The van der Waals surface area contributed by atoms with Crippen molar-refractivity contribution >= 4 is 22.8 Å². The summed E-state index contributed by atoms with van der Waals surface area (Å²) < 4.78 is 10.6. The second-order valence-corrected chi connectivity index (χ2v) is 5.89. The number of carbonyl (C=O) groups excluding carboxylic acids is 1. The first-order valence-corrected chi connectivity index (χ1v) is 7.47. The number of carbonyl (C=O) groups is 2. The summed E-state index contributed by atoms with van der Waals surface area (Å²) in [6.07, 6.45) is 1.98. The van der Waals surface area contributed by atoms with E-state index in [1.165, 1.54) is 6.26 Å². The van der Waals surface area contributed by atoms with Gasteiger partial charge >= 0.3 is 5.97 Å². The van der Waals surface area contributed by atoms with E-state index in [0.717, 1.165) is 5.39 Å². The van der Waals surface area contributed by atoms with Gasteiger partial charge in [-0.05, 0) is 24.5 Å². The highest BCUT2D eigenvalue weighted by molar-refractivity contribution is 5.90. The number of rotatable bonds is 7. The molecule has 2 N–H and O–H groups in total. The molecule has 0 spiro atoms. The van der Waals surface area contributed by atoms with Gasteiger partial charge in [-0.3, -0.25) is 4.79 Å². The van der Waals surface area contributed by atoms with E-state index in [1.807, 2.05) is 19.9 Å². The molecule has 1 aromatic carbocycles. The van der Waals surface area contributed by atoms with E-state index in [0.29, 0.717) is 23.3 Å². The molecule has 0 saturated heterocycles. The maximum Gasteiger partial charge on any atom is 0.326 e. The molecule has 0 fully saturated rings. The lowest BCUT2D eigenvalue weighted by Gasteiger charge is -2.16. The van der Waals surface area contributed by atoms with Crippen LogP contribution in [0.5, 0.6) is 5.75 Å². The molecule has 1 amide bonds. The van der Waals surface area contributed by atoms with Crippen molar-refractivity contribution in [2.75, 3.05) is 7.11 Å². The number of benzene rings is 1. The highest BCUT2D eigenvalue weighted by Crippen LogP contribution is 2.25. The summed E-state index contributed by atoms with van der Waals surface area (Å²) in [6, 6.07) is 4.48. The summed E-state index contributed by atoms with van der Waals surface area (Å²) >= 11 is 0. The molecule has 0 unspecified atom stereocenters. The van der Waals surface area contributed by atoms with E-state index in [9.17, 15) is 14.7 Å². The van der Waals surface area contributed by atoms with E-state index in [2.05, 4.69) is 5.32 Å². The molecule has 1 atom stereocenters. The number of nitrogens with one attached hydrogen (secondary N) is 1. The van der Waals surface area contributed by atoms with Crippen molar-refractivity contribution in [1.29, 1.82) is 0 Å². The Morgan fingerprint density at radius 1 is 1.35 bits per heavy atom. The third-order valence-electron chi connectivity index (χ3n) is 3.55. The second kappa shape index (κ2) is 7.17. The fraction of sp³-hybridized carbons (Fsp3) is 0.412. The first-order valence-electron chi connectivity index (χ1n) is 7.47. The monoisotopic (exact) mass is 319 g/mol. The Hall–Kier alpha value is -2.50.